The fourth-order valence-electron chi connectivity index (χ4n) is 1.53. The lowest BCUT2D eigenvalue weighted by Crippen LogP contribution is -2.12. The molecule has 4 nitrogen and oxygen atoms in total. The van der Waals surface area contributed by atoms with Gasteiger partial charge in [0.15, 0.2) is 0 Å². The fourth-order valence-corrected chi connectivity index (χ4v) is 2.18. The molecule has 0 aliphatic carbocycles. The summed E-state index contributed by atoms with van der Waals surface area (Å²) in [6.45, 7) is 1.92. The summed E-state index contributed by atoms with van der Waals surface area (Å²) in [5.41, 5.74) is 5.76. The fraction of sp³-hybridized carbons (Fsp3) is 0.455. The smallest absolute Gasteiger partial charge is 0.310 e. The van der Waals surface area contributed by atoms with Gasteiger partial charge in [-0.3, -0.25) is 4.79 Å². The molecule has 0 saturated carbocycles. The molecular formula is C11H13BrF2N2O2. The van der Waals surface area contributed by atoms with Crippen molar-refractivity contribution in [3.05, 3.63) is 22.9 Å². The number of nitrogen functional groups attached to an aromatic ring is 1. The first kappa shape index (κ1) is 14.8. The predicted molar refractivity (Wildman–Crippen MR) is 66.6 cm³/mol. The maximum atomic E-state index is 12.8. The van der Waals surface area contributed by atoms with E-state index >= 15 is 0 Å². The third-order valence-corrected chi connectivity index (χ3v) is 2.81. The lowest BCUT2D eigenvalue weighted by atomic mass is 10.0. The summed E-state index contributed by atoms with van der Waals surface area (Å²) in [6, 6.07) is 1.42. The molecule has 1 rings (SSSR count). The van der Waals surface area contributed by atoms with Gasteiger partial charge < -0.3 is 10.5 Å². The number of nitrogens with two attached hydrogens (primary N) is 1. The second kappa shape index (κ2) is 6.63. The first-order valence-corrected chi connectivity index (χ1v) is 6.39. The van der Waals surface area contributed by atoms with Gasteiger partial charge in [0.25, 0.3) is 6.43 Å². The Balaban J connectivity index is 3.13. The molecule has 18 heavy (non-hydrogen) atoms. The maximum absolute atomic E-state index is 12.8. The normalized spacial score (nSPS) is 10.7. The number of nitrogens with zero attached hydrogens (tertiary/aromatic N) is 1. The SMILES string of the molecule is CCOC(=O)Cc1cc(N)nc(C(F)F)c1CBr. The van der Waals surface area contributed by atoms with Crippen LogP contribution >= 0.6 is 15.9 Å². The second-order valence-corrected chi connectivity index (χ2v) is 4.05. The number of carbonyl (C=O) groups is 1. The Kier molecular flexibility index (Phi) is 5.46. The molecule has 0 spiro atoms. The molecule has 0 atom stereocenters. The number of pyridine rings is 1. The molecule has 0 radical (unpaired) electrons. The van der Waals surface area contributed by atoms with Crippen LogP contribution < -0.4 is 5.73 Å². The van der Waals surface area contributed by atoms with E-state index in [9.17, 15) is 13.6 Å². The van der Waals surface area contributed by atoms with Gasteiger partial charge in [-0.05, 0) is 24.1 Å². The van der Waals surface area contributed by atoms with Crippen LogP contribution in [0.2, 0.25) is 0 Å². The van der Waals surface area contributed by atoms with E-state index in [1.165, 1.54) is 6.07 Å². The van der Waals surface area contributed by atoms with Crippen molar-refractivity contribution >= 4 is 27.7 Å². The zero-order chi connectivity index (χ0) is 13.7. The van der Waals surface area contributed by atoms with E-state index in [0.717, 1.165) is 0 Å². The van der Waals surface area contributed by atoms with E-state index in [1.54, 1.807) is 6.92 Å². The number of hydrogen-bond donors (Lipinski definition) is 1. The Morgan fingerprint density at radius 1 is 1.61 bits per heavy atom. The number of ether oxygens (including phenoxy) is 1. The molecule has 0 aromatic carbocycles. The molecule has 0 bridgehead atoms. The summed E-state index contributed by atoms with van der Waals surface area (Å²) in [7, 11) is 0. The molecule has 0 aliphatic heterocycles. The number of alkyl halides is 3. The van der Waals surface area contributed by atoms with Crippen molar-refractivity contribution in [3.8, 4) is 0 Å². The van der Waals surface area contributed by atoms with Crippen LogP contribution in [0.15, 0.2) is 6.07 Å². The van der Waals surface area contributed by atoms with Crippen LogP contribution in [-0.2, 0) is 21.3 Å². The van der Waals surface area contributed by atoms with Gasteiger partial charge in [0.1, 0.15) is 11.5 Å². The molecule has 2 N–H and O–H groups in total. The minimum Gasteiger partial charge on any atom is -0.466 e. The van der Waals surface area contributed by atoms with Gasteiger partial charge in [-0.15, -0.1) is 0 Å². The number of esters is 1. The quantitative estimate of drug-likeness (QED) is 0.668. The van der Waals surface area contributed by atoms with Crippen molar-refractivity contribution in [2.45, 2.75) is 25.1 Å². The highest BCUT2D eigenvalue weighted by Crippen LogP contribution is 2.27. The van der Waals surface area contributed by atoms with E-state index in [-0.39, 0.29) is 29.7 Å². The molecule has 1 heterocycles. The highest BCUT2D eigenvalue weighted by molar-refractivity contribution is 9.08. The minimum absolute atomic E-state index is 0.0331. The third kappa shape index (κ3) is 3.63. The topological polar surface area (TPSA) is 65.2 Å². The van der Waals surface area contributed by atoms with Crippen LogP contribution in [0.25, 0.3) is 0 Å². The monoisotopic (exact) mass is 322 g/mol. The largest absolute Gasteiger partial charge is 0.466 e. The minimum atomic E-state index is -2.73. The molecule has 7 heteroatoms. The van der Waals surface area contributed by atoms with E-state index < -0.39 is 18.1 Å². The summed E-state index contributed by atoms with van der Waals surface area (Å²) in [5, 5.41) is 0.175. The molecule has 0 fully saturated rings. The third-order valence-electron chi connectivity index (χ3n) is 2.25. The Labute approximate surface area is 112 Å². The number of aromatic nitrogens is 1. The van der Waals surface area contributed by atoms with Crippen LogP contribution in [0, 0.1) is 0 Å². The van der Waals surface area contributed by atoms with Crippen LogP contribution in [0.3, 0.4) is 0 Å². The van der Waals surface area contributed by atoms with Gasteiger partial charge in [0.2, 0.25) is 0 Å². The van der Waals surface area contributed by atoms with E-state index in [0.29, 0.717) is 5.56 Å². The molecule has 0 amide bonds. The number of anilines is 1. The summed E-state index contributed by atoms with van der Waals surface area (Å²) < 4.78 is 30.4. The highest BCUT2D eigenvalue weighted by Gasteiger charge is 2.20. The van der Waals surface area contributed by atoms with Crippen molar-refractivity contribution in [2.24, 2.45) is 0 Å². The number of hydrogen-bond acceptors (Lipinski definition) is 4. The van der Waals surface area contributed by atoms with Gasteiger partial charge in [-0.1, -0.05) is 15.9 Å². The number of halogens is 3. The van der Waals surface area contributed by atoms with E-state index in [4.69, 9.17) is 10.5 Å². The lowest BCUT2D eigenvalue weighted by Gasteiger charge is -2.12. The zero-order valence-corrected chi connectivity index (χ0v) is 11.3. The Hall–Kier alpha value is -1.24. The molecule has 1 aromatic heterocycles. The van der Waals surface area contributed by atoms with Crippen molar-refractivity contribution in [2.75, 3.05) is 12.3 Å². The van der Waals surface area contributed by atoms with Crippen molar-refractivity contribution in [1.29, 1.82) is 0 Å². The Morgan fingerprint density at radius 2 is 2.28 bits per heavy atom. The highest BCUT2D eigenvalue weighted by atomic mass is 79.9. The first-order chi connectivity index (χ1) is 8.49. The van der Waals surface area contributed by atoms with Gasteiger partial charge in [0, 0.05) is 5.33 Å². The summed E-state index contributed by atoms with van der Waals surface area (Å²) >= 11 is 3.11. The summed E-state index contributed by atoms with van der Waals surface area (Å²) in [4.78, 5) is 15.0. The Morgan fingerprint density at radius 3 is 2.78 bits per heavy atom. The molecule has 0 aliphatic rings. The first-order valence-electron chi connectivity index (χ1n) is 5.27. The molecule has 1 aromatic rings. The van der Waals surface area contributed by atoms with Crippen LogP contribution in [0.5, 0.6) is 0 Å². The second-order valence-electron chi connectivity index (χ2n) is 3.49. The van der Waals surface area contributed by atoms with Crippen molar-refractivity contribution in [3.63, 3.8) is 0 Å². The average molecular weight is 323 g/mol. The zero-order valence-electron chi connectivity index (χ0n) is 9.75. The molecule has 0 unspecified atom stereocenters. The predicted octanol–water partition coefficient (Wildman–Crippen LogP) is 2.60. The molecule has 100 valence electrons. The van der Waals surface area contributed by atoms with Crippen LogP contribution in [-0.4, -0.2) is 17.6 Å². The lowest BCUT2D eigenvalue weighted by molar-refractivity contribution is -0.142. The number of rotatable bonds is 5. The van der Waals surface area contributed by atoms with Crippen LogP contribution in [0.4, 0.5) is 14.6 Å². The van der Waals surface area contributed by atoms with Gasteiger partial charge in [-0.25, -0.2) is 13.8 Å². The molecular weight excluding hydrogens is 310 g/mol. The van der Waals surface area contributed by atoms with Crippen molar-refractivity contribution in [1.82, 2.24) is 4.98 Å². The maximum Gasteiger partial charge on any atom is 0.310 e. The molecule has 0 saturated heterocycles. The summed E-state index contributed by atoms with van der Waals surface area (Å²) in [5.74, 6) is -0.514. The number of carbonyl (C=O) groups excluding carboxylic acids is 1. The summed E-state index contributed by atoms with van der Waals surface area (Å²) in [6.07, 6.45) is -2.83. The average Bonchev–Trinajstić information content (AvgIpc) is 2.28. The van der Waals surface area contributed by atoms with Gasteiger partial charge in [-0.2, -0.15) is 0 Å². The standard InChI is InChI=1S/C11H13BrF2N2O2/c1-2-18-9(17)4-6-3-8(15)16-10(11(13)14)7(6)5-12/h3,11H,2,4-5H2,1H3,(H2,15,16). The Bertz CT molecular complexity index is 441. The van der Waals surface area contributed by atoms with Gasteiger partial charge in [0.05, 0.1) is 13.0 Å². The van der Waals surface area contributed by atoms with Crippen LogP contribution in [0.1, 0.15) is 30.2 Å². The van der Waals surface area contributed by atoms with Gasteiger partial charge >= 0.3 is 5.97 Å². The van der Waals surface area contributed by atoms with E-state index in [2.05, 4.69) is 20.9 Å². The van der Waals surface area contributed by atoms with E-state index in [1.807, 2.05) is 0 Å². The van der Waals surface area contributed by atoms with Crippen molar-refractivity contribution < 1.29 is 18.3 Å².